The molecule has 8 heteroatoms. The molecule has 0 aliphatic carbocycles. The summed E-state index contributed by atoms with van der Waals surface area (Å²) in [5.41, 5.74) is 0.347. The van der Waals surface area contributed by atoms with Gasteiger partial charge in [-0.15, -0.1) is 0 Å². The Balaban J connectivity index is 1.97. The highest BCUT2D eigenvalue weighted by Gasteiger charge is 2.28. The fraction of sp³-hybridized carbons (Fsp3) is 0.250. The molecule has 0 saturated carbocycles. The van der Waals surface area contributed by atoms with E-state index in [1.54, 1.807) is 0 Å². The minimum Gasteiger partial charge on any atom is -0.364 e. The van der Waals surface area contributed by atoms with Crippen molar-refractivity contribution in [1.82, 2.24) is 9.78 Å². The van der Waals surface area contributed by atoms with Crippen molar-refractivity contribution in [1.29, 1.82) is 0 Å². The van der Waals surface area contributed by atoms with Gasteiger partial charge in [0.1, 0.15) is 18.2 Å². The first kappa shape index (κ1) is 14.6. The van der Waals surface area contributed by atoms with Gasteiger partial charge in [-0.2, -0.15) is 18.3 Å². The third-order valence-corrected chi connectivity index (χ3v) is 2.69. The van der Waals surface area contributed by atoms with E-state index in [1.807, 2.05) is 0 Å². The van der Waals surface area contributed by atoms with Crippen molar-refractivity contribution in [2.24, 2.45) is 0 Å². The number of alkyl halides is 3. The summed E-state index contributed by atoms with van der Waals surface area (Å²) >= 11 is 5.62. The fourth-order valence-corrected chi connectivity index (χ4v) is 1.74. The minimum atomic E-state index is -4.33. The van der Waals surface area contributed by atoms with E-state index < -0.39 is 18.5 Å². The van der Waals surface area contributed by atoms with Crippen molar-refractivity contribution in [3.05, 3.63) is 46.9 Å². The topological polar surface area (TPSA) is 29.9 Å². The maximum absolute atomic E-state index is 13.5. The van der Waals surface area contributed by atoms with E-state index in [1.165, 1.54) is 30.5 Å². The molecule has 3 nitrogen and oxygen atoms in total. The zero-order valence-corrected chi connectivity index (χ0v) is 10.8. The Hall–Kier alpha value is -1.76. The standard InChI is InChI=1S/C12H10ClF4N3/c13-9-2-1-8(10(14)5-9)6-18-11-3-4-20(19-11)7-12(15,16)17/h1-5H,6-7H2,(H,18,19). The van der Waals surface area contributed by atoms with Crippen LogP contribution in [0, 0.1) is 5.82 Å². The average Bonchev–Trinajstić information content (AvgIpc) is 2.73. The number of halogens is 5. The van der Waals surface area contributed by atoms with Gasteiger partial charge in [0.2, 0.25) is 0 Å². The molecule has 1 aromatic carbocycles. The second kappa shape index (κ2) is 5.70. The Kier molecular flexibility index (Phi) is 4.17. The lowest BCUT2D eigenvalue weighted by Gasteiger charge is -2.06. The molecule has 0 amide bonds. The number of hydrogen-bond donors (Lipinski definition) is 1. The Bertz CT molecular complexity index is 595. The second-order valence-electron chi connectivity index (χ2n) is 4.10. The van der Waals surface area contributed by atoms with Gasteiger partial charge in [0.25, 0.3) is 0 Å². The van der Waals surface area contributed by atoms with Crippen LogP contribution in [0.25, 0.3) is 0 Å². The molecule has 0 atom stereocenters. The van der Waals surface area contributed by atoms with Gasteiger partial charge in [-0.1, -0.05) is 17.7 Å². The van der Waals surface area contributed by atoms with Gasteiger partial charge in [0, 0.05) is 29.4 Å². The highest BCUT2D eigenvalue weighted by Crippen LogP contribution is 2.18. The molecular weight excluding hydrogens is 298 g/mol. The first-order valence-electron chi connectivity index (χ1n) is 5.61. The normalized spacial score (nSPS) is 11.7. The SMILES string of the molecule is Fc1cc(Cl)ccc1CNc1ccn(CC(F)(F)F)n1. The summed E-state index contributed by atoms with van der Waals surface area (Å²) in [4.78, 5) is 0. The van der Waals surface area contributed by atoms with Crippen molar-refractivity contribution in [3.8, 4) is 0 Å². The number of rotatable bonds is 4. The van der Waals surface area contributed by atoms with Crippen molar-refractivity contribution in [2.75, 3.05) is 5.32 Å². The van der Waals surface area contributed by atoms with Gasteiger partial charge in [0.05, 0.1) is 0 Å². The molecule has 0 bridgehead atoms. The summed E-state index contributed by atoms with van der Waals surface area (Å²) < 4.78 is 50.7. The van der Waals surface area contributed by atoms with Crippen LogP contribution in [-0.2, 0) is 13.1 Å². The molecule has 2 rings (SSSR count). The molecule has 20 heavy (non-hydrogen) atoms. The lowest BCUT2D eigenvalue weighted by Crippen LogP contribution is -2.18. The fourth-order valence-electron chi connectivity index (χ4n) is 1.58. The Morgan fingerprint density at radius 1 is 1.25 bits per heavy atom. The van der Waals surface area contributed by atoms with Crippen LogP contribution in [0.3, 0.4) is 0 Å². The van der Waals surface area contributed by atoms with E-state index in [9.17, 15) is 17.6 Å². The van der Waals surface area contributed by atoms with Crippen molar-refractivity contribution >= 4 is 17.4 Å². The Morgan fingerprint density at radius 3 is 2.65 bits per heavy atom. The molecule has 108 valence electrons. The maximum atomic E-state index is 13.5. The van der Waals surface area contributed by atoms with Crippen molar-refractivity contribution in [3.63, 3.8) is 0 Å². The molecule has 0 fully saturated rings. The van der Waals surface area contributed by atoms with Gasteiger partial charge in [0.15, 0.2) is 0 Å². The number of anilines is 1. The zero-order chi connectivity index (χ0) is 14.8. The molecule has 0 unspecified atom stereocenters. The number of nitrogens with zero attached hydrogens (tertiary/aromatic N) is 2. The third-order valence-electron chi connectivity index (χ3n) is 2.46. The van der Waals surface area contributed by atoms with Crippen LogP contribution >= 0.6 is 11.6 Å². The minimum absolute atomic E-state index is 0.103. The molecule has 2 aromatic rings. The Morgan fingerprint density at radius 2 is 2.00 bits per heavy atom. The van der Waals surface area contributed by atoms with Crippen LogP contribution in [0.15, 0.2) is 30.5 Å². The van der Waals surface area contributed by atoms with Crippen LogP contribution in [-0.4, -0.2) is 16.0 Å². The molecule has 0 aliphatic rings. The predicted molar refractivity (Wildman–Crippen MR) is 67.0 cm³/mol. The lowest BCUT2D eigenvalue weighted by molar-refractivity contribution is -0.142. The molecular formula is C12H10ClF4N3. The van der Waals surface area contributed by atoms with E-state index in [2.05, 4.69) is 10.4 Å². The summed E-state index contributed by atoms with van der Waals surface area (Å²) in [5, 5.41) is 6.72. The predicted octanol–water partition coefficient (Wildman–Crippen LogP) is 3.85. The summed E-state index contributed by atoms with van der Waals surface area (Å²) in [6.45, 7) is -1.06. The van der Waals surface area contributed by atoms with E-state index in [-0.39, 0.29) is 17.4 Å². The van der Waals surface area contributed by atoms with Gasteiger partial charge >= 0.3 is 6.18 Å². The molecule has 0 radical (unpaired) electrons. The van der Waals surface area contributed by atoms with Gasteiger partial charge in [-0.25, -0.2) is 4.39 Å². The molecule has 0 aliphatic heterocycles. The number of benzene rings is 1. The Labute approximate surface area is 117 Å². The zero-order valence-electron chi connectivity index (χ0n) is 10.1. The second-order valence-corrected chi connectivity index (χ2v) is 4.54. The summed E-state index contributed by atoms with van der Waals surface area (Å²) in [6, 6.07) is 5.58. The molecule has 1 aromatic heterocycles. The van der Waals surface area contributed by atoms with Crippen LogP contribution < -0.4 is 5.32 Å². The van der Waals surface area contributed by atoms with Crippen LogP contribution in [0.2, 0.25) is 5.02 Å². The van der Waals surface area contributed by atoms with E-state index in [0.717, 1.165) is 4.68 Å². The first-order chi connectivity index (χ1) is 9.33. The van der Waals surface area contributed by atoms with Crippen molar-refractivity contribution < 1.29 is 17.6 Å². The van der Waals surface area contributed by atoms with Gasteiger partial charge < -0.3 is 5.32 Å². The van der Waals surface area contributed by atoms with Gasteiger partial charge in [-0.3, -0.25) is 4.68 Å². The average molecular weight is 308 g/mol. The molecule has 0 spiro atoms. The molecule has 1 heterocycles. The molecule has 0 saturated heterocycles. The quantitative estimate of drug-likeness (QED) is 0.870. The largest absolute Gasteiger partial charge is 0.408 e. The maximum Gasteiger partial charge on any atom is 0.408 e. The number of aromatic nitrogens is 2. The summed E-state index contributed by atoms with van der Waals surface area (Å²) in [6.07, 6.45) is -3.13. The van der Waals surface area contributed by atoms with Crippen molar-refractivity contribution in [2.45, 2.75) is 19.3 Å². The van der Waals surface area contributed by atoms with Crippen LogP contribution in [0.5, 0.6) is 0 Å². The smallest absolute Gasteiger partial charge is 0.364 e. The van der Waals surface area contributed by atoms with Gasteiger partial charge in [-0.05, 0) is 12.1 Å². The monoisotopic (exact) mass is 307 g/mol. The first-order valence-corrected chi connectivity index (χ1v) is 5.99. The summed E-state index contributed by atoms with van der Waals surface area (Å²) in [7, 11) is 0. The van der Waals surface area contributed by atoms with E-state index in [0.29, 0.717) is 5.56 Å². The van der Waals surface area contributed by atoms with E-state index in [4.69, 9.17) is 11.6 Å². The third kappa shape index (κ3) is 4.12. The van der Waals surface area contributed by atoms with E-state index >= 15 is 0 Å². The van der Waals surface area contributed by atoms with Crippen LogP contribution in [0.1, 0.15) is 5.56 Å². The van der Waals surface area contributed by atoms with Crippen LogP contribution in [0.4, 0.5) is 23.4 Å². The highest BCUT2D eigenvalue weighted by atomic mass is 35.5. The lowest BCUT2D eigenvalue weighted by atomic mass is 10.2. The molecule has 1 N–H and O–H groups in total. The number of nitrogens with one attached hydrogen (secondary N) is 1. The summed E-state index contributed by atoms with van der Waals surface area (Å²) in [5.74, 6) is -0.247. The highest BCUT2D eigenvalue weighted by molar-refractivity contribution is 6.30. The number of hydrogen-bond acceptors (Lipinski definition) is 2.